The van der Waals surface area contributed by atoms with Crippen LogP contribution < -0.4 is 10.1 Å². The number of rotatable bonds is 3. The van der Waals surface area contributed by atoms with E-state index >= 15 is 0 Å². The molecule has 0 aliphatic rings. The molecule has 0 atom stereocenters. The average molecular weight is 331 g/mol. The molecule has 0 saturated heterocycles. The largest absolute Gasteiger partial charge is 0.495 e. The number of anilines is 1. The van der Waals surface area contributed by atoms with E-state index < -0.39 is 0 Å². The molecule has 20 heavy (non-hydrogen) atoms. The predicted molar refractivity (Wildman–Crippen MR) is 79.8 cm³/mol. The summed E-state index contributed by atoms with van der Waals surface area (Å²) < 4.78 is 5.98. The first-order chi connectivity index (χ1) is 9.63. The van der Waals surface area contributed by atoms with Gasteiger partial charge in [-0.05, 0) is 46.3 Å². The quantitative estimate of drug-likeness (QED) is 0.935. The van der Waals surface area contributed by atoms with E-state index in [1.54, 1.807) is 49.6 Å². The van der Waals surface area contributed by atoms with Crippen molar-refractivity contribution in [1.29, 1.82) is 5.26 Å². The van der Waals surface area contributed by atoms with Gasteiger partial charge in [0.15, 0.2) is 0 Å². The minimum atomic E-state index is -0.272. The highest BCUT2D eigenvalue weighted by molar-refractivity contribution is 9.10. The summed E-state index contributed by atoms with van der Waals surface area (Å²) in [4.78, 5) is 12.1. The van der Waals surface area contributed by atoms with E-state index in [0.29, 0.717) is 22.6 Å². The van der Waals surface area contributed by atoms with Crippen molar-refractivity contribution in [3.63, 3.8) is 0 Å². The standard InChI is InChI=1S/C15H11BrN2O2/c1-20-14-8-12(5-6-13(14)16)18-15(19)11-4-2-3-10(7-11)9-17/h2-8H,1H3,(H,18,19). The highest BCUT2D eigenvalue weighted by atomic mass is 79.9. The molecule has 0 aliphatic heterocycles. The van der Waals surface area contributed by atoms with Crippen LogP contribution >= 0.6 is 15.9 Å². The second-order valence-corrected chi connectivity index (χ2v) is 4.85. The number of ether oxygens (including phenoxy) is 1. The lowest BCUT2D eigenvalue weighted by molar-refractivity contribution is 0.102. The molecule has 100 valence electrons. The van der Waals surface area contributed by atoms with E-state index in [0.717, 1.165) is 4.47 Å². The van der Waals surface area contributed by atoms with Gasteiger partial charge >= 0.3 is 0 Å². The maximum Gasteiger partial charge on any atom is 0.255 e. The van der Waals surface area contributed by atoms with Crippen LogP contribution in [0.1, 0.15) is 15.9 Å². The fourth-order valence-corrected chi connectivity index (χ4v) is 2.08. The summed E-state index contributed by atoms with van der Waals surface area (Å²) in [6.45, 7) is 0. The van der Waals surface area contributed by atoms with Crippen LogP contribution in [0.3, 0.4) is 0 Å². The molecule has 2 aromatic carbocycles. The number of carbonyl (C=O) groups excluding carboxylic acids is 1. The second kappa shape index (κ2) is 6.22. The Morgan fingerprint density at radius 2 is 2.10 bits per heavy atom. The Morgan fingerprint density at radius 1 is 1.30 bits per heavy atom. The normalized spacial score (nSPS) is 9.65. The monoisotopic (exact) mass is 330 g/mol. The smallest absolute Gasteiger partial charge is 0.255 e. The highest BCUT2D eigenvalue weighted by Gasteiger charge is 2.08. The lowest BCUT2D eigenvalue weighted by Gasteiger charge is -2.08. The summed E-state index contributed by atoms with van der Waals surface area (Å²) in [6, 6.07) is 13.8. The van der Waals surface area contributed by atoms with Gasteiger partial charge in [0.2, 0.25) is 0 Å². The molecule has 0 aromatic heterocycles. The molecule has 1 N–H and O–H groups in total. The molecule has 0 heterocycles. The molecule has 2 rings (SSSR count). The minimum absolute atomic E-state index is 0.272. The maximum atomic E-state index is 12.1. The van der Waals surface area contributed by atoms with Gasteiger partial charge in [-0.15, -0.1) is 0 Å². The molecular formula is C15H11BrN2O2. The number of nitrogens with one attached hydrogen (secondary N) is 1. The van der Waals surface area contributed by atoms with Gasteiger partial charge in [0, 0.05) is 17.3 Å². The number of nitrogens with zero attached hydrogens (tertiary/aromatic N) is 1. The lowest BCUT2D eigenvalue weighted by atomic mass is 10.1. The Hall–Kier alpha value is -2.32. The molecule has 0 bridgehead atoms. The first-order valence-electron chi connectivity index (χ1n) is 5.79. The summed E-state index contributed by atoms with van der Waals surface area (Å²) >= 11 is 3.35. The molecule has 0 spiro atoms. The van der Waals surface area contributed by atoms with Gasteiger partial charge in [-0.25, -0.2) is 0 Å². The highest BCUT2D eigenvalue weighted by Crippen LogP contribution is 2.28. The maximum absolute atomic E-state index is 12.1. The fraction of sp³-hybridized carbons (Fsp3) is 0.0667. The Bertz CT molecular complexity index is 693. The first-order valence-corrected chi connectivity index (χ1v) is 6.58. The van der Waals surface area contributed by atoms with Crippen LogP contribution in [0.15, 0.2) is 46.9 Å². The second-order valence-electron chi connectivity index (χ2n) is 4.00. The van der Waals surface area contributed by atoms with Crippen LogP contribution in [0, 0.1) is 11.3 Å². The number of hydrogen-bond donors (Lipinski definition) is 1. The Labute approximate surface area is 125 Å². The molecule has 2 aromatic rings. The number of benzene rings is 2. The van der Waals surface area contributed by atoms with Crippen molar-refractivity contribution in [2.24, 2.45) is 0 Å². The Balaban J connectivity index is 2.21. The number of halogens is 1. The lowest BCUT2D eigenvalue weighted by Crippen LogP contribution is -2.12. The van der Waals surface area contributed by atoms with Gasteiger partial charge in [0.25, 0.3) is 5.91 Å². The summed E-state index contributed by atoms with van der Waals surface area (Å²) in [5, 5.41) is 11.6. The van der Waals surface area contributed by atoms with Gasteiger partial charge < -0.3 is 10.1 Å². The van der Waals surface area contributed by atoms with Crippen LogP contribution in [0.25, 0.3) is 0 Å². The van der Waals surface area contributed by atoms with Crippen molar-refractivity contribution in [1.82, 2.24) is 0 Å². The van der Waals surface area contributed by atoms with Crippen molar-refractivity contribution < 1.29 is 9.53 Å². The number of hydrogen-bond acceptors (Lipinski definition) is 3. The third-order valence-corrected chi connectivity index (χ3v) is 3.32. The molecule has 0 radical (unpaired) electrons. The zero-order valence-electron chi connectivity index (χ0n) is 10.7. The molecule has 0 fully saturated rings. The average Bonchev–Trinajstić information content (AvgIpc) is 2.49. The van der Waals surface area contributed by atoms with Gasteiger partial charge in [-0.1, -0.05) is 6.07 Å². The summed E-state index contributed by atoms with van der Waals surface area (Å²) in [5.74, 6) is 0.361. The zero-order valence-corrected chi connectivity index (χ0v) is 12.3. The molecule has 0 saturated carbocycles. The van der Waals surface area contributed by atoms with Crippen LogP contribution in [0.4, 0.5) is 5.69 Å². The number of carbonyl (C=O) groups is 1. The van der Waals surface area contributed by atoms with Crippen LogP contribution in [-0.4, -0.2) is 13.0 Å². The number of amides is 1. The molecule has 4 nitrogen and oxygen atoms in total. The summed E-state index contributed by atoms with van der Waals surface area (Å²) in [7, 11) is 1.56. The van der Waals surface area contributed by atoms with Crippen LogP contribution in [0.2, 0.25) is 0 Å². The minimum Gasteiger partial charge on any atom is -0.495 e. The molecule has 0 aliphatic carbocycles. The molecule has 5 heteroatoms. The van der Waals surface area contributed by atoms with E-state index in [4.69, 9.17) is 10.00 Å². The topological polar surface area (TPSA) is 62.1 Å². The fourth-order valence-electron chi connectivity index (χ4n) is 1.67. The third kappa shape index (κ3) is 3.16. The Kier molecular flexibility index (Phi) is 4.38. The summed E-state index contributed by atoms with van der Waals surface area (Å²) in [5.41, 5.74) is 1.51. The van der Waals surface area contributed by atoms with Gasteiger partial charge in [-0.2, -0.15) is 5.26 Å². The zero-order chi connectivity index (χ0) is 14.5. The SMILES string of the molecule is COc1cc(NC(=O)c2cccc(C#N)c2)ccc1Br. The molecular weight excluding hydrogens is 320 g/mol. The predicted octanol–water partition coefficient (Wildman–Crippen LogP) is 3.58. The van der Waals surface area contributed by atoms with Crippen molar-refractivity contribution in [2.45, 2.75) is 0 Å². The Morgan fingerprint density at radius 3 is 2.80 bits per heavy atom. The first kappa shape index (κ1) is 14.1. The van der Waals surface area contributed by atoms with E-state index in [9.17, 15) is 4.79 Å². The third-order valence-electron chi connectivity index (χ3n) is 2.66. The van der Waals surface area contributed by atoms with E-state index in [1.807, 2.05) is 6.07 Å². The molecule has 1 amide bonds. The number of methoxy groups -OCH3 is 1. The number of nitriles is 1. The summed E-state index contributed by atoms with van der Waals surface area (Å²) in [6.07, 6.45) is 0. The van der Waals surface area contributed by atoms with E-state index in [1.165, 1.54) is 0 Å². The van der Waals surface area contributed by atoms with E-state index in [-0.39, 0.29) is 5.91 Å². The van der Waals surface area contributed by atoms with E-state index in [2.05, 4.69) is 21.2 Å². The van der Waals surface area contributed by atoms with Crippen molar-refractivity contribution >= 4 is 27.5 Å². The van der Waals surface area contributed by atoms with Crippen LogP contribution in [0.5, 0.6) is 5.75 Å². The van der Waals surface area contributed by atoms with Crippen molar-refractivity contribution in [2.75, 3.05) is 12.4 Å². The van der Waals surface area contributed by atoms with Gasteiger partial charge in [-0.3, -0.25) is 4.79 Å². The van der Waals surface area contributed by atoms with Crippen molar-refractivity contribution in [3.05, 3.63) is 58.1 Å². The van der Waals surface area contributed by atoms with Gasteiger partial charge in [0.1, 0.15) is 5.75 Å². The van der Waals surface area contributed by atoms with Crippen molar-refractivity contribution in [3.8, 4) is 11.8 Å². The van der Waals surface area contributed by atoms with Crippen LogP contribution in [-0.2, 0) is 0 Å². The molecule has 0 unspecified atom stereocenters. The van der Waals surface area contributed by atoms with Gasteiger partial charge in [0.05, 0.1) is 23.2 Å².